The average molecular weight is 329 g/mol. The molecule has 1 aliphatic heterocycles. The monoisotopic (exact) mass is 328 g/mol. The lowest BCUT2D eigenvalue weighted by Crippen LogP contribution is -2.47. The van der Waals surface area contributed by atoms with Gasteiger partial charge in [-0.2, -0.15) is 9.57 Å². The molecule has 1 atom stereocenters. The van der Waals surface area contributed by atoms with Crippen LogP contribution in [0, 0.1) is 11.3 Å². The van der Waals surface area contributed by atoms with Gasteiger partial charge in [0.1, 0.15) is 10.9 Å². The predicted octanol–water partition coefficient (Wildman–Crippen LogP) is 1.84. The van der Waals surface area contributed by atoms with Gasteiger partial charge in [-0.1, -0.05) is 11.6 Å². The lowest BCUT2D eigenvalue weighted by atomic mass is 10.1. The Kier molecular flexibility index (Phi) is 4.52. The molecular weight excluding hydrogens is 316 g/mol. The first-order valence-electron chi connectivity index (χ1n) is 6.32. The molecule has 1 N–H and O–H groups in total. The minimum Gasteiger partial charge on any atom is -0.480 e. The van der Waals surface area contributed by atoms with E-state index in [4.69, 9.17) is 16.9 Å². The molecule has 0 unspecified atom stereocenters. The summed E-state index contributed by atoms with van der Waals surface area (Å²) in [5, 5.41) is 17.9. The lowest BCUT2D eigenvalue weighted by Gasteiger charge is -2.32. The maximum Gasteiger partial charge on any atom is 0.322 e. The van der Waals surface area contributed by atoms with Crippen molar-refractivity contribution in [2.45, 2.75) is 30.2 Å². The van der Waals surface area contributed by atoms with Crippen LogP contribution in [0.2, 0.25) is 5.02 Å². The highest BCUT2D eigenvalue weighted by Crippen LogP contribution is 2.30. The molecule has 2 rings (SSSR count). The van der Waals surface area contributed by atoms with E-state index >= 15 is 0 Å². The average Bonchev–Trinajstić information content (AvgIpc) is 2.46. The zero-order chi connectivity index (χ0) is 15.6. The number of carboxylic acids is 1. The van der Waals surface area contributed by atoms with Crippen molar-refractivity contribution < 1.29 is 18.3 Å². The quantitative estimate of drug-likeness (QED) is 0.912. The highest BCUT2D eigenvalue weighted by Gasteiger charge is 2.38. The number of carbonyl (C=O) groups is 1. The number of hydrogen-bond acceptors (Lipinski definition) is 4. The van der Waals surface area contributed by atoms with Crippen LogP contribution in [-0.2, 0) is 14.8 Å². The Bertz CT molecular complexity index is 711. The first-order chi connectivity index (χ1) is 9.87. The van der Waals surface area contributed by atoms with E-state index in [1.54, 1.807) is 0 Å². The molecule has 0 saturated carbocycles. The van der Waals surface area contributed by atoms with Gasteiger partial charge >= 0.3 is 5.97 Å². The third-order valence-corrected chi connectivity index (χ3v) is 5.78. The molecule has 1 heterocycles. The molecule has 1 fully saturated rings. The fourth-order valence-corrected chi connectivity index (χ4v) is 4.52. The van der Waals surface area contributed by atoms with E-state index in [2.05, 4.69) is 0 Å². The number of aliphatic carboxylic acids is 1. The summed E-state index contributed by atoms with van der Waals surface area (Å²) in [6, 6.07) is 4.64. The van der Waals surface area contributed by atoms with Crippen LogP contribution in [0.1, 0.15) is 24.8 Å². The Labute approximate surface area is 127 Å². The SMILES string of the molecule is N#Cc1ccc(S(=O)(=O)N2CCCC[C@H]2C(=O)O)c(Cl)c1. The molecule has 1 aliphatic rings. The number of benzene rings is 1. The van der Waals surface area contributed by atoms with Crippen LogP contribution in [0.4, 0.5) is 0 Å². The number of nitrogens with zero attached hydrogens (tertiary/aromatic N) is 2. The maximum atomic E-state index is 12.6. The molecule has 0 spiro atoms. The summed E-state index contributed by atoms with van der Waals surface area (Å²) in [7, 11) is -4.00. The van der Waals surface area contributed by atoms with Crippen molar-refractivity contribution in [1.82, 2.24) is 4.31 Å². The van der Waals surface area contributed by atoms with Gasteiger partial charge in [0.15, 0.2) is 0 Å². The van der Waals surface area contributed by atoms with E-state index in [-0.39, 0.29) is 28.4 Å². The predicted molar refractivity (Wildman–Crippen MR) is 75.3 cm³/mol. The van der Waals surface area contributed by atoms with Crippen LogP contribution in [-0.4, -0.2) is 36.4 Å². The zero-order valence-corrected chi connectivity index (χ0v) is 12.6. The number of hydrogen-bond donors (Lipinski definition) is 1. The maximum absolute atomic E-state index is 12.6. The van der Waals surface area contributed by atoms with Gasteiger partial charge in [0.05, 0.1) is 16.7 Å². The number of piperidine rings is 1. The minimum absolute atomic E-state index is 0.0798. The first kappa shape index (κ1) is 15.8. The largest absolute Gasteiger partial charge is 0.480 e. The second-order valence-corrected chi connectivity index (χ2v) is 6.99. The zero-order valence-electron chi connectivity index (χ0n) is 11.0. The van der Waals surface area contributed by atoms with Crippen molar-refractivity contribution in [2.24, 2.45) is 0 Å². The Morgan fingerprint density at radius 3 is 2.71 bits per heavy atom. The fraction of sp³-hybridized carbons (Fsp3) is 0.385. The van der Waals surface area contributed by atoms with Gasteiger partial charge in [0.2, 0.25) is 10.0 Å². The van der Waals surface area contributed by atoms with Gasteiger partial charge in [-0.3, -0.25) is 4.79 Å². The van der Waals surface area contributed by atoms with Crippen LogP contribution in [0.25, 0.3) is 0 Å². The highest BCUT2D eigenvalue weighted by atomic mass is 35.5. The summed E-state index contributed by atoms with van der Waals surface area (Å²) in [5.74, 6) is -1.16. The Balaban J connectivity index is 2.46. The Morgan fingerprint density at radius 2 is 2.14 bits per heavy atom. The van der Waals surface area contributed by atoms with Crippen molar-refractivity contribution in [3.8, 4) is 6.07 Å². The Hall–Kier alpha value is -1.62. The third-order valence-electron chi connectivity index (χ3n) is 3.39. The summed E-state index contributed by atoms with van der Waals surface area (Å²) >= 11 is 5.93. The van der Waals surface area contributed by atoms with E-state index in [1.165, 1.54) is 18.2 Å². The molecule has 0 radical (unpaired) electrons. The molecular formula is C13H13ClN2O4S. The first-order valence-corrected chi connectivity index (χ1v) is 8.14. The van der Waals surface area contributed by atoms with Gasteiger partial charge in [0.25, 0.3) is 0 Å². The molecule has 0 aliphatic carbocycles. The van der Waals surface area contributed by atoms with E-state index in [1.807, 2.05) is 6.07 Å². The van der Waals surface area contributed by atoms with E-state index in [0.717, 1.165) is 4.31 Å². The van der Waals surface area contributed by atoms with E-state index in [0.29, 0.717) is 12.8 Å². The van der Waals surface area contributed by atoms with Crippen LogP contribution in [0.5, 0.6) is 0 Å². The molecule has 0 bridgehead atoms. The summed E-state index contributed by atoms with van der Waals surface area (Å²) in [5.41, 5.74) is 0.243. The number of halogens is 1. The number of carboxylic acid groups (broad SMARTS) is 1. The minimum atomic E-state index is -4.00. The van der Waals surface area contributed by atoms with Crippen LogP contribution in [0.3, 0.4) is 0 Å². The van der Waals surface area contributed by atoms with Gasteiger partial charge in [-0.05, 0) is 37.5 Å². The summed E-state index contributed by atoms with van der Waals surface area (Å²) in [4.78, 5) is 11.1. The van der Waals surface area contributed by atoms with Crippen molar-refractivity contribution in [3.05, 3.63) is 28.8 Å². The molecule has 0 amide bonds. The normalized spacial score (nSPS) is 19.9. The molecule has 21 heavy (non-hydrogen) atoms. The summed E-state index contributed by atoms with van der Waals surface area (Å²) in [6.07, 6.45) is 1.56. The number of rotatable bonds is 3. The second-order valence-electron chi connectivity index (χ2n) is 4.72. The smallest absolute Gasteiger partial charge is 0.322 e. The van der Waals surface area contributed by atoms with Crippen molar-refractivity contribution in [1.29, 1.82) is 5.26 Å². The van der Waals surface area contributed by atoms with Gasteiger partial charge in [-0.25, -0.2) is 8.42 Å². The third kappa shape index (κ3) is 3.02. The number of nitriles is 1. The lowest BCUT2D eigenvalue weighted by molar-refractivity contribution is -0.142. The molecule has 112 valence electrons. The molecule has 1 aromatic rings. The Morgan fingerprint density at radius 1 is 1.43 bits per heavy atom. The molecule has 6 nitrogen and oxygen atoms in total. The topological polar surface area (TPSA) is 98.5 Å². The van der Waals surface area contributed by atoms with Gasteiger partial charge < -0.3 is 5.11 Å². The molecule has 8 heteroatoms. The van der Waals surface area contributed by atoms with Crippen molar-refractivity contribution >= 4 is 27.6 Å². The van der Waals surface area contributed by atoms with Crippen LogP contribution < -0.4 is 0 Å². The molecule has 1 aromatic carbocycles. The summed E-state index contributed by atoms with van der Waals surface area (Å²) in [6.45, 7) is 0.148. The van der Waals surface area contributed by atoms with Gasteiger partial charge in [0, 0.05) is 6.54 Å². The van der Waals surface area contributed by atoms with Crippen LogP contribution in [0.15, 0.2) is 23.1 Å². The molecule has 1 saturated heterocycles. The standard InChI is InChI=1S/C13H13ClN2O4S/c14-10-7-9(8-15)4-5-12(10)21(19,20)16-6-2-1-3-11(16)13(17)18/h4-5,7,11H,1-3,6H2,(H,17,18)/t11-/m0/s1. The summed E-state index contributed by atoms with van der Waals surface area (Å²) < 4.78 is 26.2. The van der Waals surface area contributed by atoms with E-state index < -0.39 is 22.0 Å². The highest BCUT2D eigenvalue weighted by molar-refractivity contribution is 7.89. The number of sulfonamides is 1. The fourth-order valence-electron chi connectivity index (χ4n) is 2.35. The van der Waals surface area contributed by atoms with Crippen molar-refractivity contribution in [2.75, 3.05) is 6.54 Å². The second kappa shape index (κ2) is 6.02. The molecule has 0 aromatic heterocycles. The van der Waals surface area contributed by atoms with Crippen molar-refractivity contribution in [3.63, 3.8) is 0 Å². The van der Waals surface area contributed by atoms with Crippen LogP contribution >= 0.6 is 11.6 Å². The van der Waals surface area contributed by atoms with Gasteiger partial charge in [-0.15, -0.1) is 0 Å². The van der Waals surface area contributed by atoms with E-state index in [9.17, 15) is 18.3 Å².